The maximum Gasteiger partial charge on any atom is 0.328 e. The average molecular weight is 407 g/mol. The van der Waals surface area contributed by atoms with Crippen molar-refractivity contribution in [2.24, 2.45) is 0 Å². The van der Waals surface area contributed by atoms with E-state index in [0.717, 1.165) is 22.8 Å². The van der Waals surface area contributed by atoms with E-state index in [1.54, 1.807) is 6.20 Å². The molecule has 0 saturated carbocycles. The minimum atomic E-state index is -1.26. The maximum absolute atomic E-state index is 9.55. The molecule has 0 aliphatic rings. The number of halogens is 1. The lowest BCUT2D eigenvalue weighted by Gasteiger charge is -2.19. The van der Waals surface area contributed by atoms with Crippen molar-refractivity contribution in [1.82, 2.24) is 9.88 Å². The Morgan fingerprint density at radius 2 is 1.71 bits per heavy atom. The Morgan fingerprint density at radius 3 is 2.18 bits per heavy atom. The molecule has 28 heavy (non-hydrogen) atoms. The van der Waals surface area contributed by atoms with Gasteiger partial charge in [0.1, 0.15) is 6.10 Å². The van der Waals surface area contributed by atoms with Crippen LogP contribution in [0.15, 0.2) is 60.8 Å². The van der Waals surface area contributed by atoms with Gasteiger partial charge < -0.3 is 19.8 Å². The third-order valence-electron chi connectivity index (χ3n) is 3.32. The van der Waals surface area contributed by atoms with Crippen LogP contribution >= 0.6 is 11.6 Å². The van der Waals surface area contributed by atoms with Gasteiger partial charge in [-0.1, -0.05) is 29.8 Å². The molecule has 0 bridgehead atoms. The summed E-state index contributed by atoms with van der Waals surface area (Å²) in [6, 6.07) is 13.6. The van der Waals surface area contributed by atoms with Gasteiger partial charge in [0.25, 0.3) is 0 Å². The molecule has 150 valence electrons. The van der Waals surface area contributed by atoms with E-state index in [1.165, 1.54) is 0 Å². The Morgan fingerprint density at radius 1 is 1.11 bits per heavy atom. The van der Waals surface area contributed by atoms with Crippen molar-refractivity contribution in [2.45, 2.75) is 6.10 Å². The first-order valence-electron chi connectivity index (χ1n) is 8.36. The van der Waals surface area contributed by atoms with Crippen molar-refractivity contribution in [3.63, 3.8) is 0 Å². The molecular weight excluding hydrogens is 384 g/mol. The van der Waals surface area contributed by atoms with Gasteiger partial charge in [0.15, 0.2) is 0 Å². The normalized spacial score (nSPS) is 11.7. The predicted molar refractivity (Wildman–Crippen MR) is 106 cm³/mol. The summed E-state index contributed by atoms with van der Waals surface area (Å²) in [5.74, 6) is -2.51. The zero-order chi connectivity index (χ0) is 20.9. The van der Waals surface area contributed by atoms with Crippen LogP contribution in [-0.4, -0.2) is 59.3 Å². The number of hydrogen-bond acceptors (Lipinski definition) is 5. The Bertz CT molecular complexity index is 748. The van der Waals surface area contributed by atoms with Gasteiger partial charge >= 0.3 is 11.9 Å². The Labute approximate surface area is 168 Å². The van der Waals surface area contributed by atoms with E-state index in [0.29, 0.717) is 18.8 Å². The Balaban J connectivity index is 0.000000416. The van der Waals surface area contributed by atoms with Crippen molar-refractivity contribution in [3.05, 3.63) is 77.1 Å². The first-order valence-corrected chi connectivity index (χ1v) is 8.74. The van der Waals surface area contributed by atoms with E-state index < -0.39 is 11.9 Å². The zero-order valence-corrected chi connectivity index (χ0v) is 16.4. The van der Waals surface area contributed by atoms with Gasteiger partial charge in [-0.2, -0.15) is 0 Å². The fourth-order valence-electron chi connectivity index (χ4n) is 2.02. The van der Waals surface area contributed by atoms with E-state index in [4.69, 9.17) is 26.6 Å². The van der Waals surface area contributed by atoms with Gasteiger partial charge in [0, 0.05) is 29.9 Å². The highest BCUT2D eigenvalue weighted by atomic mass is 35.5. The molecule has 0 unspecified atom stereocenters. The highest BCUT2D eigenvalue weighted by Gasteiger charge is 2.15. The summed E-state index contributed by atoms with van der Waals surface area (Å²) in [5, 5.41) is 16.3. The summed E-state index contributed by atoms with van der Waals surface area (Å²) in [6.45, 7) is 1.52. The number of nitrogens with zero attached hydrogens (tertiary/aromatic N) is 2. The van der Waals surface area contributed by atoms with Crippen molar-refractivity contribution in [3.8, 4) is 0 Å². The molecule has 1 aromatic carbocycles. The van der Waals surface area contributed by atoms with Gasteiger partial charge in [0.2, 0.25) is 0 Å². The van der Waals surface area contributed by atoms with Crippen LogP contribution in [0, 0.1) is 0 Å². The minimum Gasteiger partial charge on any atom is -0.478 e. The number of benzene rings is 1. The summed E-state index contributed by atoms with van der Waals surface area (Å²) in [4.78, 5) is 25.6. The number of ether oxygens (including phenoxy) is 1. The van der Waals surface area contributed by atoms with Crippen molar-refractivity contribution in [1.29, 1.82) is 0 Å². The van der Waals surface area contributed by atoms with Crippen LogP contribution in [0.1, 0.15) is 17.4 Å². The number of aromatic nitrogens is 1. The van der Waals surface area contributed by atoms with Gasteiger partial charge in [-0.15, -0.1) is 0 Å². The maximum atomic E-state index is 9.55. The second-order valence-electron chi connectivity index (χ2n) is 5.87. The second kappa shape index (κ2) is 12.6. The molecule has 8 heteroatoms. The molecule has 0 spiro atoms. The topological polar surface area (TPSA) is 100.0 Å². The van der Waals surface area contributed by atoms with Gasteiger partial charge in [-0.3, -0.25) is 4.98 Å². The number of hydrogen-bond donors (Lipinski definition) is 2. The SMILES string of the molecule is CN(C)CCO[C@@H](c1ccc(Cl)cc1)c1ccccn1.O=C(O)/C=C\C(=O)O. The smallest absolute Gasteiger partial charge is 0.328 e. The molecular formula is C20H23ClN2O5. The van der Waals surface area contributed by atoms with E-state index in [1.807, 2.05) is 56.6 Å². The third-order valence-corrected chi connectivity index (χ3v) is 3.57. The Kier molecular flexibility index (Phi) is 10.5. The molecule has 0 aliphatic heterocycles. The molecule has 0 aliphatic carbocycles. The number of pyridine rings is 1. The van der Waals surface area contributed by atoms with Crippen molar-refractivity contribution < 1.29 is 24.5 Å². The Hall–Kier alpha value is -2.74. The fourth-order valence-corrected chi connectivity index (χ4v) is 2.14. The number of rotatable bonds is 8. The monoisotopic (exact) mass is 406 g/mol. The average Bonchev–Trinajstić information content (AvgIpc) is 2.65. The number of carboxylic acid groups (broad SMARTS) is 2. The molecule has 2 aromatic rings. The van der Waals surface area contributed by atoms with E-state index >= 15 is 0 Å². The molecule has 0 fully saturated rings. The van der Waals surface area contributed by atoms with Gasteiger partial charge in [-0.05, 0) is 43.9 Å². The van der Waals surface area contributed by atoms with E-state index in [2.05, 4.69) is 9.88 Å². The molecule has 0 amide bonds. The number of carbonyl (C=O) groups is 2. The summed E-state index contributed by atoms with van der Waals surface area (Å²) in [6.07, 6.45) is 2.74. The summed E-state index contributed by atoms with van der Waals surface area (Å²) in [5.41, 5.74) is 1.97. The van der Waals surface area contributed by atoms with E-state index in [9.17, 15) is 9.59 Å². The minimum absolute atomic E-state index is 0.159. The molecule has 7 nitrogen and oxygen atoms in total. The molecule has 0 radical (unpaired) electrons. The van der Waals surface area contributed by atoms with Crippen LogP contribution in [0.5, 0.6) is 0 Å². The van der Waals surface area contributed by atoms with Crippen LogP contribution in [-0.2, 0) is 14.3 Å². The molecule has 2 N–H and O–H groups in total. The lowest BCUT2D eigenvalue weighted by molar-refractivity contribution is -0.134. The molecule has 1 atom stereocenters. The van der Waals surface area contributed by atoms with Crippen molar-refractivity contribution >= 4 is 23.5 Å². The molecule has 1 heterocycles. The quantitative estimate of drug-likeness (QED) is 0.649. The van der Waals surface area contributed by atoms with E-state index in [-0.39, 0.29) is 6.10 Å². The highest BCUT2D eigenvalue weighted by Crippen LogP contribution is 2.25. The standard InChI is InChI=1S/C16H19ClN2O.C4H4O4/c1-19(2)11-12-20-16(15-5-3-4-10-18-15)13-6-8-14(17)9-7-13;5-3(6)1-2-4(7)8/h3-10,16H,11-12H2,1-2H3;1-2H,(H,5,6)(H,7,8)/b;2-1-/t16-;/m0./s1. The number of aliphatic carboxylic acids is 2. The van der Waals surface area contributed by atoms with Gasteiger partial charge in [-0.25, -0.2) is 9.59 Å². The molecule has 0 saturated heterocycles. The fraction of sp³-hybridized carbons (Fsp3) is 0.250. The summed E-state index contributed by atoms with van der Waals surface area (Å²) >= 11 is 5.95. The number of likely N-dealkylation sites (N-methyl/N-ethyl adjacent to an activating group) is 1. The second-order valence-corrected chi connectivity index (χ2v) is 6.31. The molecule has 1 aromatic heterocycles. The first kappa shape index (κ1) is 23.3. The van der Waals surface area contributed by atoms with Crippen molar-refractivity contribution in [2.75, 3.05) is 27.2 Å². The summed E-state index contributed by atoms with van der Waals surface area (Å²) < 4.78 is 6.02. The van der Waals surface area contributed by atoms with Crippen LogP contribution in [0.25, 0.3) is 0 Å². The van der Waals surface area contributed by atoms with Crippen LogP contribution < -0.4 is 0 Å². The zero-order valence-electron chi connectivity index (χ0n) is 15.7. The third kappa shape index (κ3) is 9.82. The largest absolute Gasteiger partial charge is 0.478 e. The molecule has 2 rings (SSSR count). The lowest BCUT2D eigenvalue weighted by atomic mass is 10.1. The van der Waals surface area contributed by atoms with Gasteiger partial charge in [0.05, 0.1) is 12.3 Å². The van der Waals surface area contributed by atoms with Crippen LogP contribution in [0.3, 0.4) is 0 Å². The highest BCUT2D eigenvalue weighted by molar-refractivity contribution is 6.30. The van der Waals surface area contributed by atoms with Crippen LogP contribution in [0.2, 0.25) is 5.02 Å². The number of carboxylic acids is 2. The first-order chi connectivity index (χ1) is 13.3. The van der Waals surface area contributed by atoms with Crippen LogP contribution in [0.4, 0.5) is 0 Å². The summed E-state index contributed by atoms with van der Waals surface area (Å²) in [7, 11) is 4.06. The predicted octanol–water partition coefficient (Wildman–Crippen LogP) is 3.11. The lowest BCUT2D eigenvalue weighted by Crippen LogP contribution is -2.20.